The highest BCUT2D eigenvalue weighted by Crippen LogP contribution is 2.50. The summed E-state index contributed by atoms with van der Waals surface area (Å²) in [6.45, 7) is 4.05. The lowest BCUT2D eigenvalue weighted by molar-refractivity contribution is 0.0950. The number of carbonyl (C=O) groups excluding carboxylic acids is 2. The van der Waals surface area contributed by atoms with Crippen LogP contribution in [0.15, 0.2) is 52.0 Å². The van der Waals surface area contributed by atoms with Crippen LogP contribution in [0.4, 0.5) is 15.0 Å². The van der Waals surface area contributed by atoms with E-state index in [0.29, 0.717) is 23.2 Å². The summed E-state index contributed by atoms with van der Waals surface area (Å²) in [6, 6.07) is 10.4. The molecule has 44 heavy (non-hydrogen) atoms. The van der Waals surface area contributed by atoms with Crippen LogP contribution in [-0.4, -0.2) is 72.0 Å². The predicted molar refractivity (Wildman–Crippen MR) is 173 cm³/mol. The predicted octanol–water partition coefficient (Wildman–Crippen LogP) is 5.38. The van der Waals surface area contributed by atoms with Crippen molar-refractivity contribution in [2.75, 3.05) is 38.5 Å². The SMILES string of the molecule is C=[P+](C)COC(=O)N(C)CCOc1ccccc1C1(Nc2nc(Br)cn(-c3cc(C(=O)NC4CC4)cc(F)c3C)c2=O)CC1. The van der Waals surface area contributed by atoms with Gasteiger partial charge in [0.15, 0.2) is 5.82 Å². The first-order chi connectivity index (χ1) is 21.0. The lowest BCUT2D eigenvalue weighted by atomic mass is 10.0. The van der Waals surface area contributed by atoms with Gasteiger partial charge in [-0.1, -0.05) is 18.2 Å². The van der Waals surface area contributed by atoms with Crippen LogP contribution in [0.1, 0.15) is 47.2 Å². The molecule has 0 bridgehead atoms. The van der Waals surface area contributed by atoms with E-state index in [0.717, 1.165) is 31.2 Å². The number of aromatic nitrogens is 2. The van der Waals surface area contributed by atoms with Crippen molar-refractivity contribution in [2.45, 2.75) is 44.2 Å². The van der Waals surface area contributed by atoms with Crippen LogP contribution in [0.5, 0.6) is 5.75 Å². The van der Waals surface area contributed by atoms with E-state index in [4.69, 9.17) is 9.47 Å². The van der Waals surface area contributed by atoms with E-state index < -0.39 is 30.6 Å². The van der Waals surface area contributed by atoms with Gasteiger partial charge in [-0.3, -0.25) is 14.2 Å². The molecule has 1 unspecified atom stereocenters. The first-order valence-corrected chi connectivity index (χ1v) is 17.2. The summed E-state index contributed by atoms with van der Waals surface area (Å²) in [4.78, 5) is 44.6. The normalized spacial score (nSPS) is 15.2. The van der Waals surface area contributed by atoms with Crippen LogP contribution in [-0.2, 0) is 10.3 Å². The molecule has 0 saturated heterocycles. The number of nitrogens with zero attached hydrogens (tertiary/aromatic N) is 3. The average molecular weight is 688 g/mol. The number of nitrogens with one attached hydrogen (secondary N) is 2. The van der Waals surface area contributed by atoms with E-state index >= 15 is 4.39 Å². The van der Waals surface area contributed by atoms with Gasteiger partial charge in [0.2, 0.25) is 6.35 Å². The highest BCUT2D eigenvalue weighted by atomic mass is 79.9. The zero-order chi connectivity index (χ0) is 31.6. The van der Waals surface area contributed by atoms with Gasteiger partial charge in [-0.25, -0.2) is 14.2 Å². The summed E-state index contributed by atoms with van der Waals surface area (Å²) in [5.41, 5.74) is 0.390. The van der Waals surface area contributed by atoms with Crippen molar-refractivity contribution in [3.05, 3.63) is 80.1 Å². The largest absolute Gasteiger partial charge is 0.491 e. The van der Waals surface area contributed by atoms with Crippen molar-refractivity contribution in [1.82, 2.24) is 19.8 Å². The van der Waals surface area contributed by atoms with Gasteiger partial charge in [0.25, 0.3) is 11.5 Å². The number of likely N-dealkylation sites (N-methyl/N-ethyl adjacent to an activating group) is 1. The molecule has 0 radical (unpaired) electrons. The average Bonchev–Trinajstić information content (AvgIpc) is 3.93. The minimum absolute atomic E-state index is 0.0723. The van der Waals surface area contributed by atoms with E-state index in [9.17, 15) is 14.4 Å². The third-order valence-corrected chi connectivity index (χ3v) is 8.49. The van der Waals surface area contributed by atoms with Crippen molar-refractivity contribution in [3.63, 3.8) is 0 Å². The van der Waals surface area contributed by atoms with Crippen molar-refractivity contribution < 1.29 is 23.5 Å². The Bertz CT molecular complexity index is 1670. The first kappa shape index (κ1) is 31.7. The molecule has 2 aliphatic carbocycles. The fourth-order valence-corrected chi connectivity index (χ4v) is 5.44. The molecular weight excluding hydrogens is 652 g/mol. The van der Waals surface area contributed by atoms with E-state index in [-0.39, 0.29) is 41.2 Å². The van der Waals surface area contributed by atoms with Crippen molar-refractivity contribution in [3.8, 4) is 11.4 Å². The number of para-hydroxylation sites is 1. The quantitative estimate of drug-likeness (QED) is 0.246. The Kier molecular flexibility index (Phi) is 9.41. The molecule has 1 atom stereocenters. The molecule has 1 heterocycles. The summed E-state index contributed by atoms with van der Waals surface area (Å²) in [5, 5.41) is 6.21. The number of amides is 2. The summed E-state index contributed by atoms with van der Waals surface area (Å²) >= 11 is 3.40. The number of rotatable bonds is 12. The summed E-state index contributed by atoms with van der Waals surface area (Å²) in [7, 11) is 1.06. The van der Waals surface area contributed by atoms with Gasteiger partial charge in [-0.05, 0) is 66.7 Å². The molecule has 2 aliphatic rings. The minimum Gasteiger partial charge on any atom is -0.491 e. The Hall–Kier alpha value is -3.76. The van der Waals surface area contributed by atoms with Gasteiger partial charge in [-0.15, -0.1) is 0 Å². The van der Waals surface area contributed by atoms with E-state index in [1.54, 1.807) is 14.0 Å². The molecule has 2 saturated carbocycles. The number of halogens is 2. The monoisotopic (exact) mass is 686 g/mol. The molecule has 5 rings (SSSR count). The van der Waals surface area contributed by atoms with E-state index in [2.05, 4.69) is 37.8 Å². The fraction of sp³-hybridized carbons (Fsp3) is 0.387. The molecule has 13 heteroatoms. The van der Waals surface area contributed by atoms with Crippen LogP contribution >= 0.6 is 23.5 Å². The maximum absolute atomic E-state index is 15.0. The molecule has 232 valence electrons. The Morgan fingerprint density at radius 2 is 2.00 bits per heavy atom. The molecule has 2 fully saturated rings. The number of hydrogen-bond donors (Lipinski definition) is 2. The zero-order valence-corrected chi connectivity index (χ0v) is 27.3. The maximum Gasteiger partial charge on any atom is 0.412 e. The van der Waals surface area contributed by atoms with Crippen molar-refractivity contribution in [2.24, 2.45) is 0 Å². The van der Waals surface area contributed by atoms with Gasteiger partial charge in [0.1, 0.15) is 30.3 Å². The molecule has 1 aromatic heterocycles. The highest BCUT2D eigenvalue weighted by Gasteiger charge is 2.47. The maximum atomic E-state index is 15.0. The number of carbonyl (C=O) groups is 2. The second-order valence-corrected chi connectivity index (χ2v) is 14.1. The van der Waals surface area contributed by atoms with E-state index in [1.165, 1.54) is 27.8 Å². The third-order valence-electron chi connectivity index (χ3n) is 7.54. The fourth-order valence-electron chi connectivity index (χ4n) is 4.73. The molecular formula is C31H35BrFN5O5P+. The van der Waals surface area contributed by atoms with Crippen LogP contribution in [0, 0.1) is 12.7 Å². The second-order valence-electron chi connectivity index (χ2n) is 11.3. The first-order valence-electron chi connectivity index (χ1n) is 14.3. The van der Waals surface area contributed by atoms with Gasteiger partial charge in [0.05, 0.1) is 30.7 Å². The Morgan fingerprint density at radius 1 is 1.27 bits per heavy atom. The van der Waals surface area contributed by atoms with Gasteiger partial charge < -0.3 is 25.0 Å². The Morgan fingerprint density at radius 3 is 2.68 bits per heavy atom. The van der Waals surface area contributed by atoms with Gasteiger partial charge in [-0.2, -0.15) is 0 Å². The number of ether oxygens (including phenoxy) is 2. The number of benzene rings is 2. The van der Waals surface area contributed by atoms with E-state index in [1.807, 2.05) is 30.9 Å². The molecule has 3 aromatic rings. The molecule has 2 N–H and O–H groups in total. The van der Waals surface area contributed by atoms with Crippen LogP contribution in [0.3, 0.4) is 0 Å². The number of hydrogen-bond acceptors (Lipinski definition) is 7. The second kappa shape index (κ2) is 13.1. The van der Waals surface area contributed by atoms with Crippen LogP contribution in [0.2, 0.25) is 0 Å². The molecule has 2 aromatic carbocycles. The number of anilines is 1. The van der Waals surface area contributed by atoms with Crippen molar-refractivity contribution in [1.29, 1.82) is 0 Å². The molecule has 0 aliphatic heterocycles. The third kappa shape index (κ3) is 7.30. The summed E-state index contributed by atoms with van der Waals surface area (Å²) in [5.74, 6) is -0.267. The smallest absolute Gasteiger partial charge is 0.412 e. The standard InChI is InChI=1S/C31H34BrFN5O5P/c1-19-23(33)15-20(28(39)34-21-9-10-21)16-24(19)38-17-26(32)35-27(29(38)40)36-31(11-12-31)22-7-5-6-8-25(22)42-14-13-37(2)30(41)43-18-44(3)4/h5-8,15-17,21H,3,9-14,18H2,1-2,4H3,(H-,34,35,36,39)/p+1. The minimum atomic E-state index is -0.606. The van der Waals surface area contributed by atoms with Gasteiger partial charge in [0, 0.05) is 36.0 Å². The highest BCUT2D eigenvalue weighted by molar-refractivity contribution is 9.10. The topological polar surface area (TPSA) is 115 Å². The van der Waals surface area contributed by atoms with Gasteiger partial charge >= 0.3 is 6.09 Å². The molecule has 2 amide bonds. The lowest BCUT2D eigenvalue weighted by Gasteiger charge is -2.23. The van der Waals surface area contributed by atoms with Crippen LogP contribution < -0.4 is 20.9 Å². The van der Waals surface area contributed by atoms with Crippen molar-refractivity contribution >= 4 is 47.6 Å². The Labute approximate surface area is 264 Å². The van der Waals surface area contributed by atoms with Crippen LogP contribution in [0.25, 0.3) is 5.69 Å². The summed E-state index contributed by atoms with van der Waals surface area (Å²) in [6.07, 6.45) is 8.47. The molecule has 10 nitrogen and oxygen atoms in total. The lowest BCUT2D eigenvalue weighted by Crippen LogP contribution is -2.32. The Balaban J connectivity index is 1.37. The zero-order valence-electron chi connectivity index (χ0n) is 24.9. The summed E-state index contributed by atoms with van der Waals surface area (Å²) < 4.78 is 28.0. The molecule has 0 spiro atoms.